The quantitative estimate of drug-likeness (QED) is 0.425. The molecule has 0 radical (unpaired) electrons. The molecule has 4 rings (SSSR count). The van der Waals surface area contributed by atoms with Crippen LogP contribution in [0.5, 0.6) is 5.75 Å². The fourth-order valence-electron chi connectivity index (χ4n) is 4.15. The van der Waals surface area contributed by atoms with E-state index in [0.717, 1.165) is 37.1 Å². The Hall–Kier alpha value is -3.92. The maximum absolute atomic E-state index is 13.5. The maximum Gasteiger partial charge on any atom is 0.249 e. The molecule has 0 spiro atoms. The molecular weight excluding hydrogens is 416 g/mol. The van der Waals surface area contributed by atoms with Crippen molar-refractivity contribution >= 4 is 17.4 Å². The molecule has 0 aliphatic carbocycles. The standard InChI is InChI=1S/C26H26N4O3/c1-2-33-22-15-9-8-13-20(22)28-26(32)19(17-27)24(31)23-21-14-7-4-10-16-30(21)25(29-23)18-11-5-3-6-12-18/h3,5-6,8-9,11-13,15,19H,2,4,7,10,14,16H2,1H3,(H,28,32). The third-order valence-electron chi connectivity index (χ3n) is 5.73. The van der Waals surface area contributed by atoms with Crippen LogP contribution in [-0.2, 0) is 17.8 Å². The van der Waals surface area contributed by atoms with Crippen molar-refractivity contribution in [2.24, 2.45) is 5.92 Å². The Kier molecular flexibility index (Phi) is 6.84. The number of anilines is 1. The minimum Gasteiger partial charge on any atom is -0.492 e. The Morgan fingerprint density at radius 3 is 2.64 bits per heavy atom. The molecule has 168 valence electrons. The van der Waals surface area contributed by atoms with E-state index in [1.54, 1.807) is 24.3 Å². The summed E-state index contributed by atoms with van der Waals surface area (Å²) in [5.41, 5.74) is 2.35. The minimum absolute atomic E-state index is 0.218. The van der Waals surface area contributed by atoms with E-state index in [0.29, 0.717) is 30.3 Å². The van der Waals surface area contributed by atoms with E-state index in [4.69, 9.17) is 4.74 Å². The van der Waals surface area contributed by atoms with Crippen molar-refractivity contribution in [1.29, 1.82) is 5.26 Å². The number of ketones is 1. The summed E-state index contributed by atoms with van der Waals surface area (Å²) in [6.07, 6.45) is 3.67. The molecule has 1 aliphatic heterocycles. The van der Waals surface area contributed by atoms with Crippen LogP contribution in [0, 0.1) is 17.2 Å². The van der Waals surface area contributed by atoms with Crippen LogP contribution < -0.4 is 10.1 Å². The molecule has 1 aromatic heterocycles. The van der Waals surface area contributed by atoms with Crippen molar-refractivity contribution in [3.63, 3.8) is 0 Å². The second-order valence-corrected chi connectivity index (χ2v) is 7.90. The number of amides is 1. The van der Waals surface area contributed by atoms with Gasteiger partial charge in [0.2, 0.25) is 11.7 Å². The lowest BCUT2D eigenvalue weighted by Crippen LogP contribution is -2.29. The van der Waals surface area contributed by atoms with E-state index in [1.807, 2.05) is 43.3 Å². The lowest BCUT2D eigenvalue weighted by molar-refractivity contribution is -0.117. The summed E-state index contributed by atoms with van der Waals surface area (Å²) in [5.74, 6) is -1.58. The summed E-state index contributed by atoms with van der Waals surface area (Å²) in [6.45, 7) is 3.02. The van der Waals surface area contributed by atoms with Crippen LogP contribution >= 0.6 is 0 Å². The predicted molar refractivity (Wildman–Crippen MR) is 125 cm³/mol. The molecule has 1 atom stereocenters. The molecule has 1 aliphatic rings. The zero-order chi connectivity index (χ0) is 23.2. The molecule has 7 nitrogen and oxygen atoms in total. The summed E-state index contributed by atoms with van der Waals surface area (Å²) in [7, 11) is 0. The first-order chi connectivity index (χ1) is 16.1. The van der Waals surface area contributed by atoms with E-state index in [1.165, 1.54) is 0 Å². The molecule has 1 amide bonds. The summed E-state index contributed by atoms with van der Waals surface area (Å²) in [6, 6.07) is 18.5. The van der Waals surface area contributed by atoms with Crippen LogP contribution in [-0.4, -0.2) is 27.8 Å². The van der Waals surface area contributed by atoms with Gasteiger partial charge in [0.25, 0.3) is 0 Å². The molecule has 0 fully saturated rings. The van der Waals surface area contributed by atoms with Crippen molar-refractivity contribution in [3.8, 4) is 23.2 Å². The highest BCUT2D eigenvalue weighted by Gasteiger charge is 2.33. The molecule has 2 aromatic carbocycles. The Labute approximate surface area is 193 Å². The number of Topliss-reactive ketones (excluding diaryl/α,β-unsaturated/α-hetero) is 1. The van der Waals surface area contributed by atoms with Gasteiger partial charge in [-0.3, -0.25) is 9.59 Å². The van der Waals surface area contributed by atoms with Crippen LogP contribution in [0.4, 0.5) is 5.69 Å². The predicted octanol–water partition coefficient (Wildman–Crippen LogP) is 4.64. The second-order valence-electron chi connectivity index (χ2n) is 7.90. The highest BCUT2D eigenvalue weighted by atomic mass is 16.5. The summed E-state index contributed by atoms with van der Waals surface area (Å²) >= 11 is 0. The molecular formula is C26H26N4O3. The molecule has 7 heteroatoms. The zero-order valence-electron chi connectivity index (χ0n) is 18.6. The number of ether oxygens (including phenoxy) is 1. The van der Waals surface area contributed by atoms with E-state index >= 15 is 0 Å². The number of nitrogens with one attached hydrogen (secondary N) is 1. The van der Waals surface area contributed by atoms with Gasteiger partial charge in [-0.25, -0.2) is 4.98 Å². The molecule has 0 saturated heterocycles. The number of para-hydroxylation sites is 2. The van der Waals surface area contributed by atoms with Gasteiger partial charge in [0.05, 0.1) is 18.4 Å². The van der Waals surface area contributed by atoms with Crippen molar-refractivity contribution in [2.45, 2.75) is 39.2 Å². The molecule has 0 saturated carbocycles. The highest BCUT2D eigenvalue weighted by Crippen LogP contribution is 2.29. The van der Waals surface area contributed by atoms with Gasteiger partial charge in [-0.1, -0.05) is 48.9 Å². The number of benzene rings is 2. The fourth-order valence-corrected chi connectivity index (χ4v) is 4.15. The molecule has 0 bridgehead atoms. The average molecular weight is 443 g/mol. The third kappa shape index (κ3) is 4.65. The number of rotatable bonds is 7. The van der Waals surface area contributed by atoms with Crippen LogP contribution in [0.15, 0.2) is 54.6 Å². The topological polar surface area (TPSA) is 97.0 Å². The van der Waals surface area contributed by atoms with E-state index in [2.05, 4.69) is 14.9 Å². The number of fused-ring (bicyclic) bond motifs is 1. The van der Waals surface area contributed by atoms with Gasteiger partial charge >= 0.3 is 0 Å². The van der Waals surface area contributed by atoms with Gasteiger partial charge in [0.1, 0.15) is 17.3 Å². The number of nitriles is 1. The van der Waals surface area contributed by atoms with Crippen LogP contribution in [0.25, 0.3) is 11.4 Å². The van der Waals surface area contributed by atoms with E-state index in [-0.39, 0.29) is 5.69 Å². The average Bonchev–Trinajstić information content (AvgIpc) is 3.02. The van der Waals surface area contributed by atoms with E-state index in [9.17, 15) is 14.9 Å². The van der Waals surface area contributed by atoms with Crippen molar-refractivity contribution in [1.82, 2.24) is 9.55 Å². The van der Waals surface area contributed by atoms with Crippen molar-refractivity contribution in [3.05, 3.63) is 66.0 Å². The summed E-state index contributed by atoms with van der Waals surface area (Å²) in [4.78, 5) is 31.1. The third-order valence-corrected chi connectivity index (χ3v) is 5.73. The van der Waals surface area contributed by atoms with Gasteiger partial charge in [0.15, 0.2) is 5.92 Å². The van der Waals surface area contributed by atoms with Crippen LogP contribution in [0.3, 0.4) is 0 Å². The number of hydrogen-bond acceptors (Lipinski definition) is 5. The first-order valence-corrected chi connectivity index (χ1v) is 11.3. The Balaban J connectivity index is 1.67. The first kappa shape index (κ1) is 22.3. The normalized spacial score (nSPS) is 13.8. The monoisotopic (exact) mass is 442 g/mol. The molecule has 1 unspecified atom stereocenters. The SMILES string of the molecule is CCOc1ccccc1NC(=O)C(C#N)C(=O)c1nc(-c2ccccc2)n2c1CCCCC2. The summed E-state index contributed by atoms with van der Waals surface area (Å²) in [5, 5.41) is 12.5. The van der Waals surface area contributed by atoms with Gasteiger partial charge < -0.3 is 14.6 Å². The second kappa shape index (κ2) is 10.1. The lowest BCUT2D eigenvalue weighted by atomic mass is 9.99. The molecule has 33 heavy (non-hydrogen) atoms. The first-order valence-electron chi connectivity index (χ1n) is 11.3. The number of imidazole rings is 1. The molecule has 3 aromatic rings. The van der Waals surface area contributed by atoms with E-state index < -0.39 is 17.6 Å². The smallest absolute Gasteiger partial charge is 0.249 e. The zero-order valence-corrected chi connectivity index (χ0v) is 18.6. The lowest BCUT2D eigenvalue weighted by Gasteiger charge is -2.13. The van der Waals surface area contributed by atoms with Gasteiger partial charge in [0, 0.05) is 17.8 Å². The number of carbonyl (C=O) groups is 2. The van der Waals surface area contributed by atoms with Crippen LogP contribution in [0.2, 0.25) is 0 Å². The number of hydrogen-bond donors (Lipinski definition) is 1. The van der Waals surface area contributed by atoms with Gasteiger partial charge in [-0.05, 0) is 38.3 Å². The molecule has 1 N–H and O–H groups in total. The Bertz CT molecular complexity index is 1190. The van der Waals surface area contributed by atoms with Crippen LogP contribution in [0.1, 0.15) is 42.4 Å². The fraction of sp³-hybridized carbons (Fsp3) is 0.308. The van der Waals surface area contributed by atoms with Crippen molar-refractivity contribution < 1.29 is 14.3 Å². The minimum atomic E-state index is -1.51. The number of aromatic nitrogens is 2. The van der Waals surface area contributed by atoms with Gasteiger partial charge in [-0.15, -0.1) is 0 Å². The van der Waals surface area contributed by atoms with Crippen molar-refractivity contribution in [2.75, 3.05) is 11.9 Å². The Morgan fingerprint density at radius 2 is 1.88 bits per heavy atom. The summed E-state index contributed by atoms with van der Waals surface area (Å²) < 4.78 is 7.61. The largest absolute Gasteiger partial charge is 0.492 e. The Morgan fingerprint density at radius 1 is 1.12 bits per heavy atom. The highest BCUT2D eigenvalue weighted by molar-refractivity contribution is 6.15. The number of carbonyl (C=O) groups excluding carboxylic acids is 2. The number of nitrogens with zero attached hydrogens (tertiary/aromatic N) is 3. The van der Waals surface area contributed by atoms with Gasteiger partial charge in [-0.2, -0.15) is 5.26 Å². The maximum atomic E-state index is 13.5. The molecule has 2 heterocycles.